The summed E-state index contributed by atoms with van der Waals surface area (Å²) >= 11 is 0. The highest BCUT2D eigenvalue weighted by atomic mass is 32.2. The van der Waals surface area contributed by atoms with Gasteiger partial charge in [0.2, 0.25) is 5.88 Å². The van der Waals surface area contributed by atoms with Gasteiger partial charge in [0, 0.05) is 12.6 Å². The lowest BCUT2D eigenvalue weighted by Gasteiger charge is -2.04. The van der Waals surface area contributed by atoms with Crippen LogP contribution in [0.15, 0.2) is 18.2 Å². The van der Waals surface area contributed by atoms with E-state index in [-0.39, 0.29) is 17.5 Å². The van der Waals surface area contributed by atoms with E-state index >= 15 is 0 Å². The molecule has 0 spiro atoms. The lowest BCUT2D eigenvalue weighted by atomic mass is 10.3. The number of aromatic nitrogens is 1. The zero-order valence-corrected chi connectivity index (χ0v) is 9.74. The van der Waals surface area contributed by atoms with Gasteiger partial charge in [-0.05, 0) is 13.0 Å². The first kappa shape index (κ1) is 12.4. The third-order valence-corrected chi connectivity index (χ3v) is 2.00. The van der Waals surface area contributed by atoms with Crippen molar-refractivity contribution < 1.29 is 17.4 Å². The maximum atomic E-state index is 11.4. The van der Waals surface area contributed by atoms with Crippen LogP contribution < -0.4 is 9.50 Å². The molecular weight excluding hydrogens is 232 g/mol. The van der Waals surface area contributed by atoms with E-state index in [2.05, 4.69) is 14.5 Å². The van der Waals surface area contributed by atoms with Crippen molar-refractivity contribution in [2.75, 3.05) is 12.8 Å². The number of nitrogens with zero attached hydrogens (tertiary/aromatic N) is 1. The quantitative estimate of drug-likeness (QED) is 0.763. The smallest absolute Gasteiger partial charge is 0.307 e. The van der Waals surface area contributed by atoms with Crippen LogP contribution in [0.5, 0.6) is 5.88 Å². The number of nitrogens with one attached hydrogen (secondary N) is 1. The van der Waals surface area contributed by atoms with Gasteiger partial charge in [-0.15, -0.1) is 0 Å². The Morgan fingerprint density at radius 2 is 2.19 bits per heavy atom. The number of hydrogen-bond donors (Lipinski definition) is 1. The first-order chi connectivity index (χ1) is 7.42. The zero-order valence-electron chi connectivity index (χ0n) is 8.93. The van der Waals surface area contributed by atoms with Crippen molar-refractivity contribution in [3.8, 4) is 5.88 Å². The second kappa shape index (κ2) is 4.93. The highest BCUT2D eigenvalue weighted by Crippen LogP contribution is 2.09. The number of carbonyl (C=O) groups excluding carboxylic acids is 1. The molecule has 1 aromatic rings. The minimum atomic E-state index is -3.63. The molecule has 1 heterocycles. The SMILES string of the molecule is CCNC(=O)c1cccc(OS(C)(=O)=O)n1. The number of pyridine rings is 1. The maximum Gasteiger partial charge on any atom is 0.307 e. The molecule has 1 N–H and O–H groups in total. The molecule has 0 aliphatic heterocycles. The number of carbonyl (C=O) groups is 1. The lowest BCUT2D eigenvalue weighted by Crippen LogP contribution is -2.23. The average Bonchev–Trinajstić information content (AvgIpc) is 2.16. The summed E-state index contributed by atoms with van der Waals surface area (Å²) in [5.41, 5.74) is 0.114. The third-order valence-electron chi connectivity index (χ3n) is 1.53. The van der Waals surface area contributed by atoms with Crippen LogP contribution in [0.3, 0.4) is 0 Å². The van der Waals surface area contributed by atoms with Crippen LogP contribution in [-0.4, -0.2) is 32.1 Å². The van der Waals surface area contributed by atoms with Gasteiger partial charge >= 0.3 is 10.1 Å². The van der Waals surface area contributed by atoms with Crippen LogP contribution in [0, 0.1) is 0 Å². The molecule has 7 heteroatoms. The van der Waals surface area contributed by atoms with Crippen LogP contribution in [0.1, 0.15) is 17.4 Å². The molecule has 16 heavy (non-hydrogen) atoms. The lowest BCUT2D eigenvalue weighted by molar-refractivity contribution is 0.0950. The average molecular weight is 244 g/mol. The van der Waals surface area contributed by atoms with Gasteiger partial charge in [0.25, 0.3) is 5.91 Å². The van der Waals surface area contributed by atoms with E-state index in [1.807, 2.05) is 0 Å². The predicted molar refractivity (Wildman–Crippen MR) is 57.7 cm³/mol. The monoisotopic (exact) mass is 244 g/mol. The summed E-state index contributed by atoms with van der Waals surface area (Å²) in [5.74, 6) is -0.493. The molecule has 0 atom stereocenters. The fourth-order valence-corrected chi connectivity index (χ4v) is 1.40. The van der Waals surface area contributed by atoms with Crippen molar-refractivity contribution in [3.63, 3.8) is 0 Å². The number of amides is 1. The van der Waals surface area contributed by atoms with E-state index in [1.54, 1.807) is 6.92 Å². The fourth-order valence-electron chi connectivity index (χ4n) is 0.994. The number of rotatable bonds is 4. The Kier molecular flexibility index (Phi) is 3.83. The summed E-state index contributed by atoms with van der Waals surface area (Å²) in [6.07, 6.45) is 0.910. The van der Waals surface area contributed by atoms with Crippen molar-refractivity contribution in [2.24, 2.45) is 0 Å². The first-order valence-corrected chi connectivity index (χ1v) is 6.38. The minimum absolute atomic E-state index is 0.114. The Balaban J connectivity index is 2.91. The largest absolute Gasteiger partial charge is 0.362 e. The molecular formula is C9H12N2O4S. The van der Waals surface area contributed by atoms with E-state index in [0.29, 0.717) is 6.54 Å². The molecule has 0 bridgehead atoms. The van der Waals surface area contributed by atoms with Gasteiger partial charge in [0.1, 0.15) is 5.69 Å². The molecule has 0 unspecified atom stereocenters. The highest BCUT2D eigenvalue weighted by Gasteiger charge is 2.10. The topological polar surface area (TPSA) is 85.4 Å². The zero-order chi connectivity index (χ0) is 12.2. The highest BCUT2D eigenvalue weighted by molar-refractivity contribution is 7.86. The molecule has 88 valence electrons. The Labute approximate surface area is 93.8 Å². The summed E-state index contributed by atoms with van der Waals surface area (Å²) in [7, 11) is -3.63. The van der Waals surface area contributed by atoms with Gasteiger partial charge in [-0.3, -0.25) is 4.79 Å². The molecule has 0 saturated heterocycles. The van der Waals surface area contributed by atoms with Crippen molar-refractivity contribution in [2.45, 2.75) is 6.92 Å². The van der Waals surface area contributed by atoms with Gasteiger partial charge in [-0.2, -0.15) is 8.42 Å². The molecule has 0 saturated carbocycles. The van der Waals surface area contributed by atoms with Gasteiger partial charge in [0.05, 0.1) is 6.26 Å². The van der Waals surface area contributed by atoms with Crippen molar-refractivity contribution in [1.29, 1.82) is 0 Å². The Bertz CT molecular complexity index is 484. The minimum Gasteiger partial charge on any atom is -0.362 e. The van der Waals surface area contributed by atoms with Crippen LogP contribution in [0.2, 0.25) is 0 Å². The van der Waals surface area contributed by atoms with Crippen LogP contribution >= 0.6 is 0 Å². The Morgan fingerprint density at radius 1 is 1.50 bits per heavy atom. The van der Waals surface area contributed by atoms with Gasteiger partial charge in [-0.25, -0.2) is 4.98 Å². The molecule has 1 aromatic heterocycles. The molecule has 0 aromatic carbocycles. The second-order valence-electron chi connectivity index (χ2n) is 3.01. The third kappa shape index (κ3) is 3.85. The molecule has 1 amide bonds. The summed E-state index contributed by atoms with van der Waals surface area (Å²) in [5, 5.41) is 2.55. The summed E-state index contributed by atoms with van der Waals surface area (Å²) in [4.78, 5) is 15.1. The summed E-state index contributed by atoms with van der Waals surface area (Å²) < 4.78 is 26.2. The first-order valence-electron chi connectivity index (χ1n) is 4.57. The molecule has 6 nitrogen and oxygen atoms in total. The molecule has 1 rings (SSSR count). The Hall–Kier alpha value is -1.63. The molecule has 0 radical (unpaired) electrons. The van der Waals surface area contributed by atoms with E-state index in [0.717, 1.165) is 6.26 Å². The van der Waals surface area contributed by atoms with Crippen molar-refractivity contribution >= 4 is 16.0 Å². The van der Waals surface area contributed by atoms with E-state index in [4.69, 9.17) is 0 Å². The maximum absolute atomic E-state index is 11.4. The van der Waals surface area contributed by atoms with E-state index < -0.39 is 10.1 Å². The van der Waals surface area contributed by atoms with E-state index in [1.165, 1.54) is 18.2 Å². The molecule has 0 fully saturated rings. The standard InChI is InChI=1S/C9H12N2O4S/c1-3-10-9(12)7-5-4-6-8(11-7)15-16(2,13)14/h4-6H,3H2,1-2H3,(H,10,12). The summed E-state index contributed by atoms with van der Waals surface area (Å²) in [6, 6.07) is 4.34. The summed E-state index contributed by atoms with van der Waals surface area (Å²) in [6.45, 7) is 2.24. The van der Waals surface area contributed by atoms with Crippen LogP contribution in [0.4, 0.5) is 0 Å². The van der Waals surface area contributed by atoms with Gasteiger partial charge in [-0.1, -0.05) is 6.07 Å². The molecule has 0 aliphatic rings. The fraction of sp³-hybridized carbons (Fsp3) is 0.333. The molecule has 0 aliphatic carbocycles. The van der Waals surface area contributed by atoms with Crippen molar-refractivity contribution in [3.05, 3.63) is 23.9 Å². The second-order valence-corrected chi connectivity index (χ2v) is 4.58. The van der Waals surface area contributed by atoms with Crippen molar-refractivity contribution in [1.82, 2.24) is 10.3 Å². The predicted octanol–water partition coefficient (Wildman–Crippen LogP) is 0.170. The van der Waals surface area contributed by atoms with Crippen LogP contribution in [0.25, 0.3) is 0 Å². The number of hydrogen-bond acceptors (Lipinski definition) is 5. The Morgan fingerprint density at radius 3 is 2.75 bits per heavy atom. The normalized spacial score (nSPS) is 10.9. The van der Waals surface area contributed by atoms with Crippen LogP contribution in [-0.2, 0) is 10.1 Å². The van der Waals surface area contributed by atoms with E-state index in [9.17, 15) is 13.2 Å². The van der Waals surface area contributed by atoms with Gasteiger partial charge in [0.15, 0.2) is 0 Å². The van der Waals surface area contributed by atoms with Gasteiger partial charge < -0.3 is 9.50 Å².